The Morgan fingerprint density at radius 1 is 1.11 bits per heavy atom. The molecule has 6 nitrogen and oxygen atoms in total. The molecule has 0 saturated carbocycles. The number of aryl methyl sites for hydroxylation is 3. The number of benzene rings is 2. The first kappa shape index (κ1) is 18.6. The van der Waals surface area contributed by atoms with Crippen molar-refractivity contribution in [3.05, 3.63) is 59.4 Å². The number of nitrogens with zero attached hydrogens (tertiary/aromatic N) is 2. The highest BCUT2D eigenvalue weighted by Crippen LogP contribution is 2.24. The fourth-order valence-electron chi connectivity index (χ4n) is 3.41. The molecule has 2 heterocycles. The number of nitrogens with one attached hydrogen (secondary N) is 1. The van der Waals surface area contributed by atoms with Crippen molar-refractivity contribution in [3.8, 4) is 5.75 Å². The zero-order valence-corrected chi connectivity index (χ0v) is 16.6. The molecule has 1 unspecified atom stereocenters. The third-order valence-corrected chi connectivity index (χ3v) is 6.01. The summed E-state index contributed by atoms with van der Waals surface area (Å²) in [4.78, 5) is 27.7. The minimum Gasteiger partial charge on any atom is -0.497 e. The zero-order valence-electron chi connectivity index (χ0n) is 15.8. The van der Waals surface area contributed by atoms with Crippen molar-refractivity contribution in [2.24, 2.45) is 7.05 Å². The molecule has 7 heteroatoms. The van der Waals surface area contributed by atoms with Crippen LogP contribution in [0.5, 0.6) is 5.75 Å². The number of ether oxygens (including phenoxy) is 1. The number of carbonyl (C=O) groups excluding carboxylic acids is 2. The number of imide groups is 1. The van der Waals surface area contributed by atoms with Gasteiger partial charge >= 0.3 is 0 Å². The summed E-state index contributed by atoms with van der Waals surface area (Å²) < 4.78 is 7.41. The number of methoxy groups -OCH3 is 1. The Hall–Kier alpha value is -2.80. The maximum absolute atomic E-state index is 11.7. The topological polar surface area (TPSA) is 73.2 Å². The highest BCUT2D eigenvalue weighted by atomic mass is 32.2. The van der Waals surface area contributed by atoms with Crippen LogP contribution in [-0.4, -0.2) is 33.1 Å². The number of amides is 2. The van der Waals surface area contributed by atoms with E-state index < -0.39 is 0 Å². The molecule has 0 radical (unpaired) electrons. The normalized spacial score (nSPS) is 16.6. The smallest absolute Gasteiger partial charge is 0.286 e. The maximum atomic E-state index is 11.7. The first-order chi connectivity index (χ1) is 13.5. The van der Waals surface area contributed by atoms with E-state index in [2.05, 4.69) is 22.0 Å². The molecule has 1 atom stereocenters. The molecule has 1 aliphatic heterocycles. The van der Waals surface area contributed by atoms with Gasteiger partial charge in [-0.1, -0.05) is 36.0 Å². The Bertz CT molecular complexity index is 1040. The molecule has 144 valence electrons. The number of rotatable bonds is 6. The van der Waals surface area contributed by atoms with Crippen molar-refractivity contribution in [1.29, 1.82) is 0 Å². The highest BCUT2D eigenvalue weighted by molar-refractivity contribution is 8.15. The van der Waals surface area contributed by atoms with E-state index in [1.165, 1.54) is 5.56 Å². The predicted molar refractivity (Wildman–Crippen MR) is 110 cm³/mol. The predicted octanol–water partition coefficient (Wildman–Crippen LogP) is 3.26. The highest BCUT2D eigenvalue weighted by Gasteiger charge is 2.31. The first-order valence-corrected chi connectivity index (χ1v) is 10.00. The van der Waals surface area contributed by atoms with E-state index >= 15 is 0 Å². The van der Waals surface area contributed by atoms with Crippen molar-refractivity contribution in [3.63, 3.8) is 0 Å². The molecule has 0 spiro atoms. The summed E-state index contributed by atoms with van der Waals surface area (Å²) in [6.07, 6.45) is 2.28. The van der Waals surface area contributed by atoms with E-state index in [1.54, 1.807) is 7.11 Å². The van der Waals surface area contributed by atoms with Gasteiger partial charge in [0.05, 0.1) is 23.4 Å². The fraction of sp³-hybridized carbons (Fsp3) is 0.286. The summed E-state index contributed by atoms with van der Waals surface area (Å²) in [6.45, 7) is 0. The van der Waals surface area contributed by atoms with Gasteiger partial charge in [0, 0.05) is 19.5 Å². The molecule has 4 rings (SSSR count). The molecule has 28 heavy (non-hydrogen) atoms. The Morgan fingerprint density at radius 2 is 1.86 bits per heavy atom. The van der Waals surface area contributed by atoms with Crippen molar-refractivity contribution < 1.29 is 14.3 Å². The number of hydrogen-bond donors (Lipinski definition) is 1. The molecular weight excluding hydrogens is 374 g/mol. The minimum absolute atomic E-state index is 0.197. The molecule has 3 aromatic rings. The summed E-state index contributed by atoms with van der Waals surface area (Å²) >= 11 is 1.07. The van der Waals surface area contributed by atoms with Gasteiger partial charge in [-0.2, -0.15) is 0 Å². The van der Waals surface area contributed by atoms with Crippen LogP contribution in [0.1, 0.15) is 17.0 Å². The van der Waals surface area contributed by atoms with Gasteiger partial charge in [-0.05, 0) is 36.1 Å². The second kappa shape index (κ2) is 7.67. The van der Waals surface area contributed by atoms with E-state index in [9.17, 15) is 9.59 Å². The maximum Gasteiger partial charge on any atom is 0.286 e. The molecule has 1 aromatic heterocycles. The van der Waals surface area contributed by atoms with Crippen molar-refractivity contribution in [2.45, 2.75) is 24.5 Å². The summed E-state index contributed by atoms with van der Waals surface area (Å²) in [6, 6.07) is 14.1. The lowest BCUT2D eigenvalue weighted by Gasteiger charge is -2.07. The van der Waals surface area contributed by atoms with E-state index in [-0.39, 0.29) is 16.4 Å². The van der Waals surface area contributed by atoms with Gasteiger partial charge in [0.15, 0.2) is 0 Å². The lowest BCUT2D eigenvalue weighted by Crippen LogP contribution is -2.25. The number of thioether (sulfide) groups is 1. The molecule has 1 aliphatic rings. The second-order valence-electron chi connectivity index (χ2n) is 6.85. The van der Waals surface area contributed by atoms with Crippen LogP contribution in [-0.2, 0) is 31.1 Å². The number of hydrogen-bond acceptors (Lipinski definition) is 5. The molecule has 1 fully saturated rings. The Labute approximate surface area is 167 Å². The van der Waals surface area contributed by atoms with E-state index in [0.29, 0.717) is 6.42 Å². The van der Waals surface area contributed by atoms with Gasteiger partial charge in [-0.25, -0.2) is 4.98 Å². The zero-order chi connectivity index (χ0) is 19.7. The van der Waals surface area contributed by atoms with Gasteiger partial charge < -0.3 is 9.30 Å². The van der Waals surface area contributed by atoms with Crippen molar-refractivity contribution in [1.82, 2.24) is 14.9 Å². The molecule has 1 saturated heterocycles. The van der Waals surface area contributed by atoms with Crippen molar-refractivity contribution >= 4 is 33.9 Å². The average molecular weight is 395 g/mol. The molecule has 0 aliphatic carbocycles. The third kappa shape index (κ3) is 3.75. The Balaban J connectivity index is 1.41. The third-order valence-electron chi connectivity index (χ3n) is 5.03. The average Bonchev–Trinajstić information content (AvgIpc) is 3.19. The number of carbonyl (C=O) groups is 2. The van der Waals surface area contributed by atoms with Gasteiger partial charge in [-0.3, -0.25) is 14.9 Å². The van der Waals surface area contributed by atoms with Gasteiger partial charge in [0.2, 0.25) is 5.91 Å². The number of fused-ring (bicyclic) bond motifs is 1. The quantitative estimate of drug-likeness (QED) is 0.694. The molecule has 0 bridgehead atoms. The lowest BCUT2D eigenvalue weighted by molar-refractivity contribution is -0.118. The van der Waals surface area contributed by atoms with Crippen LogP contribution in [0, 0.1) is 0 Å². The molecule has 1 N–H and O–H groups in total. The van der Waals surface area contributed by atoms with E-state index in [0.717, 1.165) is 52.8 Å². The lowest BCUT2D eigenvalue weighted by atomic mass is 10.0. The number of imidazole rings is 1. The summed E-state index contributed by atoms with van der Waals surface area (Å²) in [5, 5.41) is 1.75. The van der Waals surface area contributed by atoms with Crippen LogP contribution in [0.25, 0.3) is 11.0 Å². The molecule has 2 aromatic carbocycles. The SMILES string of the molecule is COc1ccc2nc(CCc3ccc(CC4SC(=O)NC4=O)cc3)n(C)c2c1. The Morgan fingerprint density at radius 3 is 2.54 bits per heavy atom. The molecular formula is C21H21N3O3S. The number of aromatic nitrogens is 2. The first-order valence-electron chi connectivity index (χ1n) is 9.12. The Kier molecular flexibility index (Phi) is 5.09. The van der Waals surface area contributed by atoms with E-state index in [4.69, 9.17) is 9.72 Å². The summed E-state index contributed by atoms with van der Waals surface area (Å²) in [7, 11) is 3.69. The minimum atomic E-state index is -0.324. The standard InChI is InChI=1S/C21H21N3O3S/c1-24-17-12-15(27-2)8-9-16(17)22-19(24)10-7-13-3-5-14(6-4-13)11-18-20(25)23-21(26)28-18/h3-6,8-9,12,18H,7,10-11H2,1-2H3,(H,23,25,26). The van der Waals surface area contributed by atoms with Gasteiger partial charge in [0.1, 0.15) is 11.6 Å². The van der Waals surface area contributed by atoms with Crippen LogP contribution in [0.4, 0.5) is 4.79 Å². The van der Waals surface area contributed by atoms with Crippen molar-refractivity contribution in [2.75, 3.05) is 7.11 Å². The largest absolute Gasteiger partial charge is 0.497 e. The van der Waals surface area contributed by atoms with E-state index in [1.807, 2.05) is 37.4 Å². The fourth-order valence-corrected chi connectivity index (χ4v) is 4.27. The molecule has 2 amide bonds. The van der Waals surface area contributed by atoms with Crippen LogP contribution in [0.2, 0.25) is 0 Å². The second-order valence-corrected chi connectivity index (χ2v) is 8.02. The summed E-state index contributed by atoms with van der Waals surface area (Å²) in [5.41, 5.74) is 4.30. The summed E-state index contributed by atoms with van der Waals surface area (Å²) in [5.74, 6) is 1.66. The van der Waals surface area contributed by atoms with Gasteiger partial charge in [0.25, 0.3) is 5.24 Å². The van der Waals surface area contributed by atoms with Gasteiger partial charge in [-0.15, -0.1) is 0 Å². The van der Waals surface area contributed by atoms with Crippen LogP contribution in [0.3, 0.4) is 0 Å². The van der Waals surface area contributed by atoms with Crippen LogP contribution in [0.15, 0.2) is 42.5 Å². The van der Waals surface area contributed by atoms with Crippen LogP contribution < -0.4 is 10.1 Å². The van der Waals surface area contributed by atoms with Crippen LogP contribution >= 0.6 is 11.8 Å². The monoisotopic (exact) mass is 395 g/mol.